The minimum atomic E-state index is -4.90. The number of alkyl halides is 3. The molecule has 1 saturated heterocycles. The van der Waals surface area contributed by atoms with Crippen molar-refractivity contribution in [1.82, 2.24) is 19.8 Å². The van der Waals surface area contributed by atoms with Gasteiger partial charge >= 0.3 is 12.2 Å². The highest BCUT2D eigenvalue weighted by Gasteiger charge is 2.57. The van der Waals surface area contributed by atoms with Crippen molar-refractivity contribution in [2.75, 3.05) is 13.1 Å². The lowest BCUT2D eigenvalue weighted by Gasteiger charge is -2.33. The molecule has 2 heterocycles. The molecule has 0 bridgehead atoms. The van der Waals surface area contributed by atoms with E-state index in [2.05, 4.69) is 10.3 Å². The Kier molecular flexibility index (Phi) is 4.85. The van der Waals surface area contributed by atoms with Gasteiger partial charge in [0.25, 0.3) is 0 Å². The highest BCUT2D eigenvalue weighted by molar-refractivity contribution is 5.75. The number of halogens is 3. The Morgan fingerprint density at radius 2 is 2.12 bits per heavy atom. The molecule has 1 aromatic rings. The molecule has 0 spiro atoms. The average molecular weight is 348 g/mol. The first kappa shape index (κ1) is 18.6. The van der Waals surface area contributed by atoms with E-state index in [1.165, 1.54) is 19.4 Å². The van der Waals surface area contributed by atoms with Crippen molar-refractivity contribution in [3.8, 4) is 0 Å². The van der Waals surface area contributed by atoms with Crippen LogP contribution in [0, 0.1) is 0 Å². The zero-order valence-electron chi connectivity index (χ0n) is 14.0. The minimum Gasteiger partial charge on any atom is -0.374 e. The summed E-state index contributed by atoms with van der Waals surface area (Å²) in [7, 11) is 1.38. The van der Waals surface area contributed by atoms with E-state index in [9.17, 15) is 23.1 Å². The van der Waals surface area contributed by atoms with Crippen LogP contribution in [0.2, 0.25) is 0 Å². The number of aliphatic hydroxyl groups is 1. The Morgan fingerprint density at radius 1 is 1.46 bits per heavy atom. The maximum atomic E-state index is 13.4. The number of carbonyl (C=O) groups excluding carboxylic acids is 1. The molecule has 1 fully saturated rings. The molecular weight excluding hydrogens is 325 g/mol. The molecule has 2 N–H and O–H groups in total. The smallest absolute Gasteiger partial charge is 0.374 e. The molecule has 6 nitrogen and oxygen atoms in total. The van der Waals surface area contributed by atoms with Crippen molar-refractivity contribution in [2.24, 2.45) is 7.05 Å². The Balaban J connectivity index is 2.05. The molecule has 0 saturated carbocycles. The Bertz CT molecular complexity index is 600. The van der Waals surface area contributed by atoms with Crippen LogP contribution < -0.4 is 5.32 Å². The fourth-order valence-electron chi connectivity index (χ4n) is 3.07. The second kappa shape index (κ2) is 6.27. The topological polar surface area (TPSA) is 70.4 Å². The predicted octanol–water partition coefficient (Wildman–Crippen LogP) is 2.14. The van der Waals surface area contributed by atoms with Gasteiger partial charge in [0.2, 0.25) is 5.60 Å². The van der Waals surface area contributed by atoms with Crippen molar-refractivity contribution >= 4 is 6.03 Å². The third-order valence-corrected chi connectivity index (χ3v) is 4.57. The zero-order valence-corrected chi connectivity index (χ0v) is 14.0. The number of aromatic nitrogens is 2. The van der Waals surface area contributed by atoms with Crippen molar-refractivity contribution in [3.63, 3.8) is 0 Å². The van der Waals surface area contributed by atoms with E-state index in [0.29, 0.717) is 6.54 Å². The molecule has 24 heavy (non-hydrogen) atoms. The number of likely N-dealkylation sites (tertiary alicyclic amines) is 1. The molecule has 9 heteroatoms. The summed E-state index contributed by atoms with van der Waals surface area (Å²) in [5.41, 5.74) is -3.43. The second-order valence-corrected chi connectivity index (χ2v) is 6.77. The first-order chi connectivity index (χ1) is 11.0. The lowest BCUT2D eigenvalue weighted by atomic mass is 9.97. The third-order valence-electron chi connectivity index (χ3n) is 4.57. The predicted molar refractivity (Wildman–Crippen MR) is 81.2 cm³/mol. The summed E-state index contributed by atoms with van der Waals surface area (Å²) >= 11 is 0. The van der Waals surface area contributed by atoms with Gasteiger partial charge in [-0.25, -0.2) is 9.78 Å². The van der Waals surface area contributed by atoms with E-state index in [1.54, 1.807) is 4.90 Å². The van der Waals surface area contributed by atoms with Crippen LogP contribution in [0.3, 0.4) is 0 Å². The van der Waals surface area contributed by atoms with Crippen LogP contribution in [0.4, 0.5) is 18.0 Å². The van der Waals surface area contributed by atoms with Crippen LogP contribution >= 0.6 is 0 Å². The number of hydrogen-bond donors (Lipinski definition) is 2. The number of hydrogen-bond acceptors (Lipinski definition) is 3. The van der Waals surface area contributed by atoms with Crippen LogP contribution in [-0.2, 0) is 12.6 Å². The van der Waals surface area contributed by atoms with E-state index >= 15 is 0 Å². The normalized spacial score (nSPS) is 20.0. The van der Waals surface area contributed by atoms with Crippen LogP contribution in [0.1, 0.15) is 38.9 Å². The first-order valence-electron chi connectivity index (χ1n) is 7.81. The number of urea groups is 1. The largest absolute Gasteiger partial charge is 0.424 e. The third kappa shape index (κ3) is 3.35. The van der Waals surface area contributed by atoms with Crippen LogP contribution in [0.15, 0.2) is 12.4 Å². The van der Waals surface area contributed by atoms with Crippen molar-refractivity contribution in [2.45, 2.75) is 50.4 Å². The van der Waals surface area contributed by atoms with E-state index in [1.807, 2.05) is 13.8 Å². The molecule has 1 unspecified atom stereocenters. The maximum absolute atomic E-state index is 13.4. The lowest BCUT2D eigenvalue weighted by Crippen LogP contribution is -2.50. The molecule has 0 aromatic carbocycles. The number of amides is 2. The van der Waals surface area contributed by atoms with E-state index < -0.39 is 30.1 Å². The fourth-order valence-corrected chi connectivity index (χ4v) is 3.07. The summed E-state index contributed by atoms with van der Waals surface area (Å²) in [5.74, 6) is -0.495. The van der Waals surface area contributed by atoms with Gasteiger partial charge in [0.05, 0.1) is 0 Å². The van der Waals surface area contributed by atoms with Gasteiger partial charge in [-0.3, -0.25) is 0 Å². The molecule has 0 aliphatic carbocycles. The summed E-state index contributed by atoms with van der Waals surface area (Å²) in [6, 6.07) is -0.415. The SMILES string of the molecule is Cn1ccnc1C(O)(CCNC(=O)N1CCCC1(C)C)C(F)(F)F. The number of rotatable bonds is 4. The van der Waals surface area contributed by atoms with Gasteiger partial charge in [0.1, 0.15) is 5.82 Å². The Hall–Kier alpha value is -1.77. The quantitative estimate of drug-likeness (QED) is 0.876. The molecule has 2 amide bonds. The number of nitrogens with zero attached hydrogens (tertiary/aromatic N) is 3. The van der Waals surface area contributed by atoms with E-state index in [-0.39, 0.29) is 12.1 Å². The first-order valence-corrected chi connectivity index (χ1v) is 7.81. The van der Waals surface area contributed by atoms with Crippen molar-refractivity contribution in [1.29, 1.82) is 0 Å². The monoisotopic (exact) mass is 348 g/mol. The number of imidazole rings is 1. The second-order valence-electron chi connectivity index (χ2n) is 6.77. The number of carbonyl (C=O) groups is 1. The molecular formula is C15H23F3N4O2. The van der Waals surface area contributed by atoms with E-state index in [4.69, 9.17) is 0 Å². The molecule has 1 aromatic heterocycles. The Morgan fingerprint density at radius 3 is 2.58 bits per heavy atom. The molecule has 1 atom stereocenters. The van der Waals surface area contributed by atoms with Gasteiger partial charge in [0.15, 0.2) is 0 Å². The molecule has 1 aliphatic heterocycles. The summed E-state index contributed by atoms with van der Waals surface area (Å²) in [6.45, 7) is 4.09. The summed E-state index contributed by atoms with van der Waals surface area (Å²) in [4.78, 5) is 17.4. The molecule has 136 valence electrons. The summed E-state index contributed by atoms with van der Waals surface area (Å²) in [5, 5.41) is 12.7. The van der Waals surface area contributed by atoms with Crippen LogP contribution in [0.25, 0.3) is 0 Å². The molecule has 2 rings (SSSR count). The Labute approximate surface area is 138 Å². The molecule has 1 aliphatic rings. The number of aryl methyl sites for hydroxylation is 1. The number of nitrogens with one attached hydrogen (secondary N) is 1. The van der Waals surface area contributed by atoms with Gasteiger partial charge in [-0.05, 0) is 26.7 Å². The van der Waals surface area contributed by atoms with E-state index in [0.717, 1.165) is 17.4 Å². The van der Waals surface area contributed by atoms with Crippen LogP contribution in [0.5, 0.6) is 0 Å². The minimum absolute atomic E-state index is 0.311. The average Bonchev–Trinajstić information content (AvgIpc) is 3.02. The van der Waals surface area contributed by atoms with Crippen molar-refractivity contribution in [3.05, 3.63) is 18.2 Å². The fraction of sp³-hybridized carbons (Fsp3) is 0.733. The standard InChI is InChI=1S/C15H23F3N4O2/c1-13(2)5-4-9-22(13)12(23)20-7-6-14(24,15(16,17)18)11-19-8-10-21(11)3/h8,10,24H,4-7,9H2,1-3H3,(H,20,23). The highest BCUT2D eigenvalue weighted by Crippen LogP contribution is 2.40. The van der Waals surface area contributed by atoms with Gasteiger partial charge in [-0.15, -0.1) is 0 Å². The zero-order chi connectivity index (χ0) is 18.2. The summed E-state index contributed by atoms with van der Waals surface area (Å²) in [6.07, 6.45) is -1.37. The van der Waals surface area contributed by atoms with Gasteiger partial charge < -0.3 is 19.9 Å². The van der Waals surface area contributed by atoms with Crippen molar-refractivity contribution < 1.29 is 23.1 Å². The van der Waals surface area contributed by atoms with Gasteiger partial charge in [-0.1, -0.05) is 0 Å². The lowest BCUT2D eigenvalue weighted by molar-refractivity contribution is -0.272. The maximum Gasteiger partial charge on any atom is 0.424 e. The van der Waals surface area contributed by atoms with Gasteiger partial charge in [0, 0.05) is 44.5 Å². The van der Waals surface area contributed by atoms with Gasteiger partial charge in [-0.2, -0.15) is 13.2 Å². The molecule has 0 radical (unpaired) electrons. The summed E-state index contributed by atoms with van der Waals surface area (Å²) < 4.78 is 41.2. The van der Waals surface area contributed by atoms with Crippen LogP contribution in [-0.4, -0.2) is 50.4 Å². The highest BCUT2D eigenvalue weighted by atomic mass is 19.4.